The summed E-state index contributed by atoms with van der Waals surface area (Å²) in [6.45, 7) is 2.28. The lowest BCUT2D eigenvalue weighted by molar-refractivity contribution is -0.143. The average Bonchev–Trinajstić information content (AvgIpc) is 3.71. The summed E-state index contributed by atoms with van der Waals surface area (Å²) in [5.41, 5.74) is 2.25. The molecule has 204 valence electrons. The summed E-state index contributed by atoms with van der Waals surface area (Å²) in [6.07, 6.45) is 2.22. The molecule has 39 heavy (non-hydrogen) atoms. The zero-order valence-corrected chi connectivity index (χ0v) is 22.5. The van der Waals surface area contributed by atoms with Crippen molar-refractivity contribution in [2.75, 3.05) is 13.2 Å². The molecule has 3 aromatic rings. The van der Waals surface area contributed by atoms with Crippen LogP contribution in [0, 0.1) is 11.8 Å². The van der Waals surface area contributed by atoms with Crippen LogP contribution in [0.3, 0.4) is 0 Å². The molecule has 0 saturated carbocycles. The molecule has 0 radical (unpaired) electrons. The summed E-state index contributed by atoms with van der Waals surface area (Å²) in [6, 6.07) is 15.2. The average molecular weight is 549 g/mol. The quantitative estimate of drug-likeness (QED) is 0.372. The van der Waals surface area contributed by atoms with Crippen LogP contribution in [-0.2, 0) is 21.1 Å². The molecular formula is C28H32N6O4S. The molecule has 1 aromatic heterocycles. The zero-order chi connectivity index (χ0) is 27.1. The molecular weight excluding hydrogens is 516 g/mol. The minimum absolute atomic E-state index is 0.0168. The number of amides is 3. The van der Waals surface area contributed by atoms with E-state index in [-0.39, 0.29) is 36.2 Å². The van der Waals surface area contributed by atoms with Crippen molar-refractivity contribution in [1.82, 2.24) is 30.5 Å². The van der Waals surface area contributed by atoms with Gasteiger partial charge < -0.3 is 20.6 Å². The van der Waals surface area contributed by atoms with Gasteiger partial charge in [-0.05, 0) is 37.0 Å². The number of benzene rings is 2. The smallest absolute Gasteiger partial charge is 0.245 e. The molecule has 2 unspecified atom stereocenters. The highest BCUT2D eigenvalue weighted by atomic mass is 32.2. The Kier molecular flexibility index (Phi) is 6.80. The van der Waals surface area contributed by atoms with Gasteiger partial charge in [-0.1, -0.05) is 54.6 Å². The molecule has 3 saturated heterocycles. The molecule has 0 aliphatic carbocycles. The number of nitrogens with one attached hydrogen (secondary N) is 2. The van der Waals surface area contributed by atoms with Gasteiger partial charge in [0.2, 0.25) is 17.7 Å². The second-order valence-electron chi connectivity index (χ2n) is 10.5. The van der Waals surface area contributed by atoms with E-state index in [4.69, 9.17) is 0 Å². The van der Waals surface area contributed by atoms with E-state index in [9.17, 15) is 19.5 Å². The van der Waals surface area contributed by atoms with Crippen molar-refractivity contribution < 1.29 is 19.5 Å². The van der Waals surface area contributed by atoms with Crippen LogP contribution in [0.1, 0.15) is 37.8 Å². The Morgan fingerprint density at radius 3 is 2.67 bits per heavy atom. The van der Waals surface area contributed by atoms with Gasteiger partial charge in [0.1, 0.15) is 18.2 Å². The fourth-order valence-electron chi connectivity index (χ4n) is 6.71. The first-order valence-electron chi connectivity index (χ1n) is 13.5. The summed E-state index contributed by atoms with van der Waals surface area (Å²) in [5, 5.41) is 24.9. The maximum Gasteiger partial charge on any atom is 0.245 e. The monoisotopic (exact) mass is 548 g/mol. The summed E-state index contributed by atoms with van der Waals surface area (Å²) in [7, 11) is 0. The number of nitrogens with zero attached hydrogens (tertiary/aromatic N) is 4. The zero-order valence-electron chi connectivity index (χ0n) is 21.7. The predicted octanol–water partition coefficient (Wildman–Crippen LogP) is 1.86. The van der Waals surface area contributed by atoms with Gasteiger partial charge in [-0.25, -0.2) is 4.68 Å². The number of rotatable bonds is 9. The van der Waals surface area contributed by atoms with Crippen molar-refractivity contribution in [3.8, 4) is 0 Å². The van der Waals surface area contributed by atoms with Crippen LogP contribution in [0.2, 0.25) is 0 Å². The Hall–Kier alpha value is -3.44. The number of hydrogen-bond acceptors (Lipinski definition) is 7. The maximum absolute atomic E-state index is 14.3. The summed E-state index contributed by atoms with van der Waals surface area (Å²) >= 11 is 1.61. The lowest BCUT2D eigenvalue weighted by Gasteiger charge is -2.37. The number of carbonyl (C=O) groups is 3. The van der Waals surface area contributed by atoms with Crippen molar-refractivity contribution in [3.63, 3.8) is 0 Å². The van der Waals surface area contributed by atoms with E-state index in [1.807, 2.05) is 61.5 Å². The minimum atomic E-state index is -0.846. The topological polar surface area (TPSA) is 129 Å². The van der Waals surface area contributed by atoms with Crippen LogP contribution in [0.25, 0.3) is 11.0 Å². The van der Waals surface area contributed by atoms with Gasteiger partial charge in [0.15, 0.2) is 0 Å². The van der Waals surface area contributed by atoms with E-state index in [0.717, 1.165) is 29.4 Å². The first-order chi connectivity index (χ1) is 19.0. The van der Waals surface area contributed by atoms with Crippen molar-refractivity contribution in [2.45, 2.75) is 54.9 Å². The van der Waals surface area contributed by atoms with E-state index in [2.05, 4.69) is 20.9 Å². The van der Waals surface area contributed by atoms with Gasteiger partial charge >= 0.3 is 0 Å². The molecule has 6 rings (SSSR count). The second-order valence-corrected chi connectivity index (χ2v) is 12.1. The number of hydrogen-bond donors (Lipinski definition) is 3. The molecule has 2 aromatic carbocycles. The molecule has 10 nitrogen and oxygen atoms in total. The number of aliphatic hydroxyl groups excluding tert-OH is 1. The van der Waals surface area contributed by atoms with Crippen LogP contribution < -0.4 is 10.6 Å². The molecule has 6 atom stereocenters. The van der Waals surface area contributed by atoms with Crippen molar-refractivity contribution >= 4 is 40.5 Å². The van der Waals surface area contributed by atoms with Crippen LogP contribution in [0.5, 0.6) is 0 Å². The molecule has 11 heteroatoms. The molecule has 1 spiro atoms. The largest absolute Gasteiger partial charge is 0.394 e. The van der Waals surface area contributed by atoms with Gasteiger partial charge in [-0.2, -0.15) is 0 Å². The van der Waals surface area contributed by atoms with Gasteiger partial charge in [0.25, 0.3) is 0 Å². The molecule has 3 aliphatic heterocycles. The van der Waals surface area contributed by atoms with Gasteiger partial charge in [-0.3, -0.25) is 14.4 Å². The lowest BCUT2D eigenvalue weighted by atomic mass is 9.70. The third kappa shape index (κ3) is 4.10. The SMILES string of the molecule is CCCNC(=O)[C@@H]1[C@@H]2CCC3(S2)C(C(=O)NCn2nnc4ccccc42)N([C@H](CO)c2ccccc2)C(=O)[C@H]13. The molecule has 3 N–H and O–H groups in total. The normalized spacial score (nSPS) is 28.1. The number of aliphatic hydroxyl groups is 1. The fourth-order valence-corrected chi connectivity index (χ4v) is 8.91. The van der Waals surface area contributed by atoms with Crippen LogP contribution in [0.15, 0.2) is 54.6 Å². The molecule has 4 heterocycles. The third-order valence-corrected chi connectivity index (χ3v) is 10.3. The Morgan fingerprint density at radius 2 is 1.90 bits per heavy atom. The van der Waals surface area contributed by atoms with Gasteiger partial charge in [-0.15, -0.1) is 16.9 Å². The fraction of sp³-hybridized carbons (Fsp3) is 0.464. The summed E-state index contributed by atoms with van der Waals surface area (Å²) in [4.78, 5) is 43.2. The first kappa shape index (κ1) is 25.8. The minimum Gasteiger partial charge on any atom is -0.394 e. The molecule has 3 amide bonds. The van der Waals surface area contributed by atoms with E-state index in [0.29, 0.717) is 13.0 Å². The van der Waals surface area contributed by atoms with E-state index < -0.39 is 28.7 Å². The molecule has 2 bridgehead atoms. The number of fused-ring (bicyclic) bond motifs is 2. The Balaban J connectivity index is 1.36. The van der Waals surface area contributed by atoms with Crippen LogP contribution in [0.4, 0.5) is 0 Å². The second kappa shape index (κ2) is 10.3. The van der Waals surface area contributed by atoms with Crippen LogP contribution >= 0.6 is 11.8 Å². The van der Waals surface area contributed by atoms with E-state index >= 15 is 0 Å². The number of thioether (sulfide) groups is 1. The highest BCUT2D eigenvalue weighted by molar-refractivity contribution is 8.02. The lowest BCUT2D eigenvalue weighted by Crippen LogP contribution is -2.54. The van der Waals surface area contributed by atoms with Crippen molar-refractivity contribution in [1.29, 1.82) is 0 Å². The Morgan fingerprint density at radius 1 is 1.13 bits per heavy atom. The van der Waals surface area contributed by atoms with E-state index in [1.54, 1.807) is 21.3 Å². The molecule has 3 fully saturated rings. The van der Waals surface area contributed by atoms with Crippen molar-refractivity contribution in [2.24, 2.45) is 11.8 Å². The number of likely N-dealkylation sites (tertiary alicyclic amines) is 1. The Labute approximate surface area is 230 Å². The third-order valence-electron chi connectivity index (χ3n) is 8.35. The number of para-hydroxylation sites is 1. The van der Waals surface area contributed by atoms with Gasteiger partial charge in [0, 0.05) is 11.8 Å². The van der Waals surface area contributed by atoms with Gasteiger partial charge in [0.05, 0.1) is 34.7 Å². The predicted molar refractivity (Wildman–Crippen MR) is 146 cm³/mol. The maximum atomic E-state index is 14.3. The van der Waals surface area contributed by atoms with Crippen molar-refractivity contribution in [3.05, 3.63) is 60.2 Å². The summed E-state index contributed by atoms with van der Waals surface area (Å²) in [5.74, 6) is -1.81. The Bertz CT molecular complexity index is 1400. The molecule has 3 aliphatic rings. The van der Waals surface area contributed by atoms with E-state index in [1.165, 1.54) is 0 Å². The standard InChI is InChI=1S/C28H32N6O4S/c1-2-14-29-25(36)22-21-12-13-28(39-21)23(22)27(38)34(20(15-35)17-8-4-3-5-9-17)24(28)26(37)30-16-33-19-11-7-6-10-18(19)31-32-33/h3-11,20-24,35H,2,12-16H2,1H3,(H,29,36)(H,30,37)/t20-,21+,22-,23+,24?,28?/m1/s1. The highest BCUT2D eigenvalue weighted by Crippen LogP contribution is 2.67. The highest BCUT2D eigenvalue weighted by Gasteiger charge is 2.74. The first-order valence-corrected chi connectivity index (χ1v) is 14.4. The van der Waals surface area contributed by atoms with Crippen LogP contribution in [-0.4, -0.2) is 71.9 Å². The summed E-state index contributed by atoms with van der Waals surface area (Å²) < 4.78 is 0.872. The number of carbonyl (C=O) groups excluding carboxylic acids is 3. The number of aromatic nitrogens is 3.